The molecule has 5 heteroatoms. The van der Waals surface area contributed by atoms with E-state index < -0.39 is 0 Å². The van der Waals surface area contributed by atoms with Crippen molar-refractivity contribution in [2.24, 2.45) is 0 Å². The van der Waals surface area contributed by atoms with Crippen molar-refractivity contribution in [3.8, 4) is 0 Å². The SMILES string of the molecule is CC(=O)CC(=O)Cc1ccccc1.CC(=O)CC(=O)Cc1ccccc1.[Zn]. The molecular weight excluding hydrogens is 394 g/mol. The summed E-state index contributed by atoms with van der Waals surface area (Å²) in [4.78, 5) is 43.7. The molecule has 0 spiro atoms. The number of hydrogen-bond acceptors (Lipinski definition) is 4. The van der Waals surface area contributed by atoms with E-state index in [2.05, 4.69) is 0 Å². The van der Waals surface area contributed by atoms with Crippen LogP contribution in [-0.2, 0) is 51.5 Å². The fourth-order valence-electron chi connectivity index (χ4n) is 2.33. The Bertz CT molecular complexity index is 674. The summed E-state index contributed by atoms with van der Waals surface area (Å²) in [5.74, 6) is -0.167. The van der Waals surface area contributed by atoms with E-state index in [0.717, 1.165) is 11.1 Å². The van der Waals surface area contributed by atoms with Gasteiger partial charge in [0, 0.05) is 32.3 Å². The maximum Gasteiger partial charge on any atom is 0.144 e. The molecule has 138 valence electrons. The quantitative estimate of drug-likeness (QED) is 0.486. The predicted octanol–water partition coefficient (Wildman–Crippen LogP) is 3.55. The molecule has 0 fully saturated rings. The Hall–Kier alpha value is -2.26. The van der Waals surface area contributed by atoms with E-state index in [1.54, 1.807) is 0 Å². The predicted molar refractivity (Wildman–Crippen MR) is 101 cm³/mol. The van der Waals surface area contributed by atoms with E-state index in [1.165, 1.54) is 13.8 Å². The molecule has 0 saturated heterocycles. The van der Waals surface area contributed by atoms with Crippen LogP contribution in [0.15, 0.2) is 60.7 Å². The van der Waals surface area contributed by atoms with E-state index in [4.69, 9.17) is 0 Å². The Labute approximate surface area is 173 Å². The van der Waals surface area contributed by atoms with Crippen LogP contribution in [0.1, 0.15) is 37.8 Å². The average molecular weight is 418 g/mol. The molecule has 2 aromatic carbocycles. The molecule has 0 aliphatic carbocycles. The molecule has 0 bridgehead atoms. The van der Waals surface area contributed by atoms with Crippen LogP contribution in [0, 0.1) is 0 Å². The second-order valence-electron chi connectivity index (χ2n) is 6.16. The smallest absolute Gasteiger partial charge is 0.144 e. The van der Waals surface area contributed by atoms with Crippen molar-refractivity contribution in [3.05, 3.63) is 71.8 Å². The molecule has 0 aliphatic rings. The molecule has 27 heavy (non-hydrogen) atoms. The summed E-state index contributed by atoms with van der Waals surface area (Å²) < 4.78 is 0. The van der Waals surface area contributed by atoms with Crippen molar-refractivity contribution >= 4 is 23.1 Å². The summed E-state index contributed by atoms with van der Waals surface area (Å²) in [6.45, 7) is 2.87. The molecule has 4 nitrogen and oxygen atoms in total. The Balaban J connectivity index is 0.000000483. The van der Waals surface area contributed by atoms with Gasteiger partial charge in [0.15, 0.2) is 0 Å². The van der Waals surface area contributed by atoms with Crippen molar-refractivity contribution < 1.29 is 38.7 Å². The van der Waals surface area contributed by atoms with Crippen molar-refractivity contribution in [1.29, 1.82) is 0 Å². The molecule has 0 atom stereocenters. The normalized spacial score (nSPS) is 9.26. The van der Waals surface area contributed by atoms with Gasteiger partial charge in [-0.05, 0) is 25.0 Å². The number of rotatable bonds is 8. The molecule has 0 saturated carbocycles. The van der Waals surface area contributed by atoms with E-state index in [9.17, 15) is 19.2 Å². The van der Waals surface area contributed by atoms with E-state index >= 15 is 0 Å². The van der Waals surface area contributed by atoms with Crippen molar-refractivity contribution in [2.45, 2.75) is 39.5 Å². The van der Waals surface area contributed by atoms with Gasteiger partial charge in [-0.25, -0.2) is 0 Å². The molecule has 0 amide bonds. The Morgan fingerprint density at radius 2 is 0.889 bits per heavy atom. The Kier molecular flexibility index (Phi) is 12.7. The van der Waals surface area contributed by atoms with Gasteiger partial charge in [-0.15, -0.1) is 0 Å². The van der Waals surface area contributed by atoms with Crippen molar-refractivity contribution in [3.63, 3.8) is 0 Å². The first-order valence-corrected chi connectivity index (χ1v) is 8.47. The summed E-state index contributed by atoms with van der Waals surface area (Å²) in [6, 6.07) is 18.9. The van der Waals surface area contributed by atoms with Crippen LogP contribution >= 0.6 is 0 Å². The third-order valence-corrected chi connectivity index (χ3v) is 3.38. The summed E-state index contributed by atoms with van der Waals surface area (Å²) in [5.41, 5.74) is 1.93. The van der Waals surface area contributed by atoms with Crippen LogP contribution in [0.3, 0.4) is 0 Å². The van der Waals surface area contributed by atoms with Gasteiger partial charge < -0.3 is 0 Å². The number of Topliss-reactive ketones (excluding diaryl/α,β-unsaturated/α-hetero) is 4. The van der Waals surface area contributed by atoms with Crippen molar-refractivity contribution in [1.82, 2.24) is 0 Å². The number of carbonyl (C=O) groups is 4. The van der Waals surface area contributed by atoms with Crippen LogP contribution in [0.25, 0.3) is 0 Å². The molecule has 0 N–H and O–H groups in total. The number of hydrogen-bond donors (Lipinski definition) is 0. The van der Waals surface area contributed by atoms with Crippen LogP contribution in [-0.4, -0.2) is 23.1 Å². The van der Waals surface area contributed by atoms with Gasteiger partial charge in [0.25, 0.3) is 0 Å². The third-order valence-electron chi connectivity index (χ3n) is 3.38. The molecule has 0 radical (unpaired) electrons. The minimum Gasteiger partial charge on any atom is -0.300 e. The number of carbonyl (C=O) groups excluding carboxylic acids is 4. The minimum absolute atomic E-state index is 0. The van der Waals surface area contributed by atoms with Gasteiger partial charge in [0.1, 0.15) is 23.1 Å². The first kappa shape index (κ1) is 24.7. The number of benzene rings is 2. The second kappa shape index (κ2) is 13.9. The van der Waals surface area contributed by atoms with E-state index in [1.807, 2.05) is 60.7 Å². The Morgan fingerprint density at radius 1 is 0.593 bits per heavy atom. The largest absolute Gasteiger partial charge is 0.300 e. The topological polar surface area (TPSA) is 68.3 Å². The van der Waals surface area contributed by atoms with Gasteiger partial charge >= 0.3 is 0 Å². The first-order chi connectivity index (χ1) is 12.4. The Morgan fingerprint density at radius 3 is 1.15 bits per heavy atom. The van der Waals surface area contributed by atoms with Gasteiger partial charge in [0.05, 0.1) is 12.8 Å². The van der Waals surface area contributed by atoms with E-state index in [0.29, 0.717) is 12.8 Å². The van der Waals surface area contributed by atoms with Gasteiger partial charge in [0.2, 0.25) is 0 Å². The maximum absolute atomic E-state index is 11.2. The van der Waals surface area contributed by atoms with Crippen LogP contribution in [0.2, 0.25) is 0 Å². The average Bonchev–Trinajstić information content (AvgIpc) is 2.55. The monoisotopic (exact) mass is 416 g/mol. The van der Waals surface area contributed by atoms with E-state index in [-0.39, 0.29) is 55.5 Å². The zero-order chi connectivity index (χ0) is 19.4. The molecule has 0 aromatic heterocycles. The molecular formula is C22H24O4Zn. The first-order valence-electron chi connectivity index (χ1n) is 8.47. The van der Waals surface area contributed by atoms with Gasteiger partial charge in [-0.3, -0.25) is 19.2 Å². The molecule has 2 aromatic rings. The zero-order valence-corrected chi connectivity index (χ0v) is 18.9. The van der Waals surface area contributed by atoms with Crippen LogP contribution in [0.4, 0.5) is 0 Å². The van der Waals surface area contributed by atoms with Crippen LogP contribution < -0.4 is 0 Å². The minimum atomic E-state index is -0.0686. The second-order valence-corrected chi connectivity index (χ2v) is 6.16. The third kappa shape index (κ3) is 12.7. The van der Waals surface area contributed by atoms with Crippen LogP contribution in [0.5, 0.6) is 0 Å². The maximum atomic E-state index is 11.2. The fourth-order valence-corrected chi connectivity index (χ4v) is 2.33. The standard InChI is InChI=1S/2C11H12O2.Zn/c2*1-9(12)7-11(13)8-10-5-3-2-4-6-10;/h2*2-6H,7-8H2,1H3;. The van der Waals surface area contributed by atoms with Gasteiger partial charge in [-0.1, -0.05) is 60.7 Å². The summed E-state index contributed by atoms with van der Waals surface area (Å²) in [5, 5.41) is 0. The molecule has 0 aliphatic heterocycles. The molecule has 0 heterocycles. The van der Waals surface area contributed by atoms with Crippen molar-refractivity contribution in [2.75, 3.05) is 0 Å². The molecule has 0 unspecified atom stereocenters. The zero-order valence-electron chi connectivity index (χ0n) is 15.9. The summed E-state index contributed by atoms with van der Waals surface area (Å²) in [6.07, 6.45) is 0.824. The molecule has 2 rings (SSSR count). The summed E-state index contributed by atoms with van der Waals surface area (Å²) in [7, 11) is 0. The fraction of sp³-hybridized carbons (Fsp3) is 0.273. The summed E-state index contributed by atoms with van der Waals surface area (Å²) >= 11 is 0. The van der Waals surface area contributed by atoms with Gasteiger partial charge in [-0.2, -0.15) is 0 Å². The number of ketones is 4.